The third-order valence-electron chi connectivity index (χ3n) is 2.26. The first-order valence-corrected chi connectivity index (χ1v) is 6.52. The topological polar surface area (TPSA) is 61.8 Å². The SMILES string of the molecule is C#CCOCC(COC(=O)/C=C\C(=O)C(C)C)OCC. The van der Waals surface area contributed by atoms with Gasteiger partial charge in [0.1, 0.15) is 19.3 Å². The van der Waals surface area contributed by atoms with E-state index in [0.717, 1.165) is 6.08 Å². The van der Waals surface area contributed by atoms with Crippen molar-refractivity contribution < 1.29 is 23.8 Å². The number of ether oxygens (including phenoxy) is 3. The molecule has 0 aromatic carbocycles. The Kier molecular flexibility index (Phi) is 10.3. The third-order valence-corrected chi connectivity index (χ3v) is 2.26. The van der Waals surface area contributed by atoms with E-state index in [1.165, 1.54) is 6.08 Å². The van der Waals surface area contributed by atoms with Crippen molar-refractivity contribution in [3.63, 3.8) is 0 Å². The minimum absolute atomic E-state index is 0.0530. The molecule has 0 bridgehead atoms. The van der Waals surface area contributed by atoms with Gasteiger partial charge in [0.2, 0.25) is 0 Å². The molecular weight excluding hydrogens is 260 g/mol. The number of allylic oxidation sites excluding steroid dienone is 1. The summed E-state index contributed by atoms with van der Waals surface area (Å²) in [4.78, 5) is 22.7. The van der Waals surface area contributed by atoms with Gasteiger partial charge in [-0.05, 0) is 13.0 Å². The standard InChI is InChI=1S/C15H22O5/c1-5-9-18-10-13(19-6-2)11-20-15(17)8-7-14(16)12(3)4/h1,7-8,12-13H,6,9-11H2,2-4H3/b8-7-. The zero-order valence-corrected chi connectivity index (χ0v) is 12.3. The maximum atomic E-state index is 11.4. The summed E-state index contributed by atoms with van der Waals surface area (Å²) >= 11 is 0. The van der Waals surface area contributed by atoms with Crippen molar-refractivity contribution in [3.8, 4) is 12.3 Å². The molecule has 20 heavy (non-hydrogen) atoms. The predicted molar refractivity (Wildman–Crippen MR) is 75.0 cm³/mol. The molecule has 0 aliphatic carbocycles. The number of rotatable bonds is 10. The number of carbonyl (C=O) groups is 2. The fourth-order valence-corrected chi connectivity index (χ4v) is 1.20. The molecule has 1 unspecified atom stereocenters. The van der Waals surface area contributed by atoms with Crippen molar-refractivity contribution in [1.29, 1.82) is 0 Å². The quantitative estimate of drug-likeness (QED) is 0.262. The lowest BCUT2D eigenvalue weighted by Gasteiger charge is -2.16. The van der Waals surface area contributed by atoms with Gasteiger partial charge in [-0.25, -0.2) is 4.79 Å². The van der Waals surface area contributed by atoms with Crippen LogP contribution in [0.15, 0.2) is 12.2 Å². The minimum Gasteiger partial charge on any atom is -0.460 e. The van der Waals surface area contributed by atoms with Crippen LogP contribution in [0.2, 0.25) is 0 Å². The molecule has 0 aliphatic rings. The van der Waals surface area contributed by atoms with Crippen LogP contribution in [0.4, 0.5) is 0 Å². The summed E-state index contributed by atoms with van der Waals surface area (Å²) in [6.07, 6.45) is 7.03. The van der Waals surface area contributed by atoms with Gasteiger partial charge in [0.25, 0.3) is 0 Å². The molecule has 0 rings (SSSR count). The van der Waals surface area contributed by atoms with Gasteiger partial charge in [-0.2, -0.15) is 0 Å². The fourth-order valence-electron chi connectivity index (χ4n) is 1.20. The number of hydrogen-bond acceptors (Lipinski definition) is 5. The van der Waals surface area contributed by atoms with E-state index in [0.29, 0.717) is 6.61 Å². The highest BCUT2D eigenvalue weighted by Crippen LogP contribution is 1.98. The van der Waals surface area contributed by atoms with E-state index in [2.05, 4.69) is 5.92 Å². The van der Waals surface area contributed by atoms with Crippen molar-refractivity contribution in [1.82, 2.24) is 0 Å². The summed E-state index contributed by atoms with van der Waals surface area (Å²) in [5, 5.41) is 0. The van der Waals surface area contributed by atoms with Crippen molar-refractivity contribution in [2.75, 3.05) is 26.4 Å². The zero-order valence-electron chi connectivity index (χ0n) is 12.3. The summed E-state index contributed by atoms with van der Waals surface area (Å²) in [6.45, 7) is 6.30. The van der Waals surface area contributed by atoms with Crippen molar-refractivity contribution in [3.05, 3.63) is 12.2 Å². The number of terminal acetylenes is 1. The lowest BCUT2D eigenvalue weighted by molar-refractivity contribution is -0.143. The van der Waals surface area contributed by atoms with Gasteiger partial charge in [0.15, 0.2) is 5.78 Å². The van der Waals surface area contributed by atoms with Crippen molar-refractivity contribution >= 4 is 11.8 Å². The summed E-state index contributed by atoms with van der Waals surface area (Å²) in [5.41, 5.74) is 0. The molecule has 0 saturated heterocycles. The third kappa shape index (κ3) is 9.31. The molecule has 0 fully saturated rings. The van der Waals surface area contributed by atoms with Crippen LogP contribution < -0.4 is 0 Å². The number of hydrogen-bond donors (Lipinski definition) is 0. The second-order valence-electron chi connectivity index (χ2n) is 4.32. The summed E-state index contributed by atoms with van der Waals surface area (Å²) in [6, 6.07) is 0. The molecule has 0 aromatic rings. The number of esters is 1. The monoisotopic (exact) mass is 282 g/mol. The molecule has 0 spiro atoms. The fraction of sp³-hybridized carbons (Fsp3) is 0.600. The van der Waals surface area contributed by atoms with Gasteiger partial charge in [0.05, 0.1) is 6.61 Å². The van der Waals surface area contributed by atoms with Crippen LogP contribution in [0.25, 0.3) is 0 Å². The normalized spacial score (nSPS) is 12.3. The van der Waals surface area contributed by atoms with E-state index in [1.807, 2.05) is 6.92 Å². The highest BCUT2D eigenvalue weighted by molar-refractivity contribution is 5.96. The Balaban J connectivity index is 4.10. The van der Waals surface area contributed by atoms with Gasteiger partial charge in [-0.3, -0.25) is 4.79 Å². The molecule has 0 heterocycles. The van der Waals surface area contributed by atoms with Crippen LogP contribution in [0.5, 0.6) is 0 Å². The van der Waals surface area contributed by atoms with Crippen LogP contribution >= 0.6 is 0 Å². The molecule has 0 aliphatic heterocycles. The maximum absolute atomic E-state index is 11.4. The molecule has 5 nitrogen and oxygen atoms in total. The van der Waals surface area contributed by atoms with Gasteiger partial charge in [0, 0.05) is 18.6 Å². The molecule has 5 heteroatoms. The predicted octanol–water partition coefficient (Wildman–Crippen LogP) is 1.37. The molecular formula is C15H22O5. The largest absolute Gasteiger partial charge is 0.460 e. The first-order valence-electron chi connectivity index (χ1n) is 6.52. The van der Waals surface area contributed by atoms with Crippen LogP contribution in [-0.2, 0) is 23.8 Å². The Labute approximate surface area is 120 Å². The molecule has 0 radical (unpaired) electrons. The van der Waals surface area contributed by atoms with Crippen LogP contribution in [-0.4, -0.2) is 44.3 Å². The summed E-state index contributed by atoms with van der Waals surface area (Å²) in [5.74, 6) is 1.49. The van der Waals surface area contributed by atoms with Crippen LogP contribution in [0.3, 0.4) is 0 Å². The molecule has 0 aromatic heterocycles. The summed E-state index contributed by atoms with van der Waals surface area (Å²) in [7, 11) is 0. The Bertz CT molecular complexity index is 365. The molecule has 1 atom stereocenters. The highest BCUT2D eigenvalue weighted by atomic mass is 16.6. The van der Waals surface area contributed by atoms with Gasteiger partial charge in [-0.1, -0.05) is 19.8 Å². The second-order valence-corrected chi connectivity index (χ2v) is 4.32. The van der Waals surface area contributed by atoms with E-state index in [-0.39, 0.29) is 37.6 Å². The van der Waals surface area contributed by atoms with Crippen LogP contribution in [0, 0.1) is 18.3 Å². The number of carbonyl (C=O) groups excluding carboxylic acids is 2. The Morgan fingerprint density at radius 3 is 2.50 bits per heavy atom. The number of ketones is 1. The molecule has 112 valence electrons. The highest BCUT2D eigenvalue weighted by Gasteiger charge is 2.11. The average molecular weight is 282 g/mol. The lowest BCUT2D eigenvalue weighted by Crippen LogP contribution is -2.27. The second kappa shape index (κ2) is 11.2. The van der Waals surface area contributed by atoms with Gasteiger partial charge in [-0.15, -0.1) is 6.42 Å². The van der Waals surface area contributed by atoms with Crippen molar-refractivity contribution in [2.45, 2.75) is 26.9 Å². The first-order chi connectivity index (χ1) is 9.51. The Hall–Kier alpha value is -1.64. The average Bonchev–Trinajstić information content (AvgIpc) is 2.42. The molecule has 0 N–H and O–H groups in total. The molecule has 0 amide bonds. The van der Waals surface area contributed by atoms with E-state index >= 15 is 0 Å². The Morgan fingerprint density at radius 2 is 1.95 bits per heavy atom. The van der Waals surface area contributed by atoms with E-state index < -0.39 is 5.97 Å². The molecule has 0 saturated carbocycles. The lowest BCUT2D eigenvalue weighted by atomic mass is 10.1. The zero-order chi connectivity index (χ0) is 15.4. The summed E-state index contributed by atoms with van der Waals surface area (Å²) < 4.78 is 15.5. The van der Waals surface area contributed by atoms with E-state index in [1.54, 1.807) is 13.8 Å². The van der Waals surface area contributed by atoms with Crippen LogP contribution in [0.1, 0.15) is 20.8 Å². The Morgan fingerprint density at radius 1 is 1.25 bits per heavy atom. The minimum atomic E-state index is -0.583. The van der Waals surface area contributed by atoms with Crippen molar-refractivity contribution in [2.24, 2.45) is 5.92 Å². The van der Waals surface area contributed by atoms with Gasteiger partial charge >= 0.3 is 5.97 Å². The van der Waals surface area contributed by atoms with E-state index in [9.17, 15) is 9.59 Å². The smallest absolute Gasteiger partial charge is 0.330 e. The maximum Gasteiger partial charge on any atom is 0.330 e. The first kappa shape index (κ1) is 18.4. The van der Waals surface area contributed by atoms with E-state index in [4.69, 9.17) is 20.6 Å². The van der Waals surface area contributed by atoms with Gasteiger partial charge < -0.3 is 14.2 Å².